The number of hydrogen-bond acceptors (Lipinski definition) is 3. The molecule has 1 aromatic heterocycles. The molecule has 1 rings (SSSR count). The van der Waals surface area contributed by atoms with Crippen molar-refractivity contribution >= 4 is 17.4 Å². The van der Waals surface area contributed by atoms with Crippen LogP contribution in [0.15, 0.2) is 12.5 Å². The summed E-state index contributed by atoms with van der Waals surface area (Å²) in [4.78, 5) is 10.1. The van der Waals surface area contributed by atoms with Crippen LogP contribution in [-0.4, -0.2) is 23.6 Å². The van der Waals surface area contributed by atoms with E-state index in [0.717, 1.165) is 18.8 Å². The lowest BCUT2D eigenvalue weighted by atomic mass is 10.1. The molecule has 0 radical (unpaired) electrons. The van der Waals surface area contributed by atoms with E-state index in [0.29, 0.717) is 10.9 Å². The van der Waals surface area contributed by atoms with Crippen molar-refractivity contribution in [2.75, 3.05) is 18.5 Å². The number of nitrogens with zero attached hydrogens (tertiary/aromatic N) is 3. The molecule has 0 spiro atoms. The van der Waals surface area contributed by atoms with Crippen LogP contribution in [0.2, 0.25) is 5.02 Å². The second kappa shape index (κ2) is 5.15. The Morgan fingerprint density at radius 2 is 2.29 bits per heavy atom. The highest BCUT2D eigenvalue weighted by molar-refractivity contribution is 6.32. The van der Waals surface area contributed by atoms with Crippen molar-refractivity contribution < 1.29 is 0 Å². The Bertz CT molecular complexity index is 290. The van der Waals surface area contributed by atoms with Gasteiger partial charge in [0.1, 0.15) is 11.3 Å². The molecule has 0 aliphatic carbocycles. The van der Waals surface area contributed by atoms with Crippen molar-refractivity contribution in [1.82, 2.24) is 9.97 Å². The molecule has 1 aromatic rings. The number of aromatic nitrogens is 2. The van der Waals surface area contributed by atoms with Crippen molar-refractivity contribution in [3.63, 3.8) is 0 Å². The highest BCUT2D eigenvalue weighted by Crippen LogP contribution is 2.21. The highest BCUT2D eigenvalue weighted by atomic mass is 35.5. The lowest BCUT2D eigenvalue weighted by molar-refractivity contribution is 0.557. The molecular weight excluding hydrogens is 198 g/mol. The Hall–Kier alpha value is -0.830. The van der Waals surface area contributed by atoms with E-state index in [-0.39, 0.29) is 0 Å². The van der Waals surface area contributed by atoms with Gasteiger partial charge in [-0.05, 0) is 5.92 Å². The summed E-state index contributed by atoms with van der Waals surface area (Å²) in [6, 6.07) is 0. The van der Waals surface area contributed by atoms with Crippen molar-refractivity contribution in [2.45, 2.75) is 20.3 Å². The predicted octanol–water partition coefficient (Wildman–Crippen LogP) is 2.61. The quantitative estimate of drug-likeness (QED) is 0.770. The van der Waals surface area contributed by atoms with Crippen LogP contribution in [0.25, 0.3) is 0 Å². The highest BCUT2D eigenvalue weighted by Gasteiger charge is 2.09. The molecule has 0 aliphatic heterocycles. The number of hydrogen-bond donors (Lipinski definition) is 0. The molecule has 0 aliphatic rings. The van der Waals surface area contributed by atoms with Crippen LogP contribution in [0.3, 0.4) is 0 Å². The fourth-order valence-corrected chi connectivity index (χ4v) is 1.52. The first-order chi connectivity index (χ1) is 6.65. The molecule has 0 amide bonds. The average Bonchev–Trinajstić information content (AvgIpc) is 2.18. The van der Waals surface area contributed by atoms with E-state index in [1.165, 1.54) is 6.33 Å². The van der Waals surface area contributed by atoms with E-state index in [1.54, 1.807) is 6.20 Å². The Morgan fingerprint density at radius 3 is 2.86 bits per heavy atom. The summed E-state index contributed by atoms with van der Waals surface area (Å²) >= 11 is 5.98. The molecule has 0 saturated heterocycles. The normalized spacial score (nSPS) is 12.6. The van der Waals surface area contributed by atoms with E-state index < -0.39 is 0 Å². The minimum Gasteiger partial charge on any atom is -0.358 e. The second-order valence-electron chi connectivity index (χ2n) is 3.59. The molecule has 3 nitrogen and oxygen atoms in total. The van der Waals surface area contributed by atoms with Gasteiger partial charge in [0.2, 0.25) is 0 Å². The van der Waals surface area contributed by atoms with Gasteiger partial charge in [0.15, 0.2) is 5.82 Å². The Morgan fingerprint density at radius 1 is 1.57 bits per heavy atom. The average molecular weight is 214 g/mol. The topological polar surface area (TPSA) is 29.0 Å². The van der Waals surface area contributed by atoms with E-state index in [2.05, 4.69) is 28.7 Å². The second-order valence-corrected chi connectivity index (χ2v) is 4.00. The molecule has 0 N–H and O–H groups in total. The first kappa shape index (κ1) is 11.2. The van der Waals surface area contributed by atoms with Crippen molar-refractivity contribution in [2.24, 2.45) is 5.92 Å². The van der Waals surface area contributed by atoms with Gasteiger partial charge < -0.3 is 4.90 Å². The smallest absolute Gasteiger partial charge is 0.150 e. The zero-order chi connectivity index (χ0) is 10.6. The molecule has 4 heteroatoms. The summed E-state index contributed by atoms with van der Waals surface area (Å²) < 4.78 is 0. The molecule has 0 fully saturated rings. The number of halogens is 1. The van der Waals surface area contributed by atoms with Gasteiger partial charge in [-0.2, -0.15) is 0 Å². The van der Waals surface area contributed by atoms with Crippen LogP contribution in [-0.2, 0) is 0 Å². The van der Waals surface area contributed by atoms with Gasteiger partial charge in [0.25, 0.3) is 0 Å². The van der Waals surface area contributed by atoms with Gasteiger partial charge in [-0.25, -0.2) is 9.97 Å². The minimum atomic E-state index is 0.610. The molecule has 1 unspecified atom stereocenters. The van der Waals surface area contributed by atoms with Gasteiger partial charge in [-0.1, -0.05) is 31.9 Å². The summed E-state index contributed by atoms with van der Waals surface area (Å²) in [6.45, 7) is 5.36. The van der Waals surface area contributed by atoms with Crippen LogP contribution in [0.1, 0.15) is 20.3 Å². The van der Waals surface area contributed by atoms with E-state index in [9.17, 15) is 0 Å². The number of rotatable bonds is 4. The van der Waals surface area contributed by atoms with E-state index >= 15 is 0 Å². The lowest BCUT2D eigenvalue weighted by Gasteiger charge is -2.22. The molecular formula is C10H16ClN3. The van der Waals surface area contributed by atoms with Crippen LogP contribution < -0.4 is 4.90 Å². The summed E-state index contributed by atoms with van der Waals surface area (Å²) in [5.74, 6) is 1.45. The molecule has 14 heavy (non-hydrogen) atoms. The van der Waals surface area contributed by atoms with Crippen molar-refractivity contribution in [3.05, 3.63) is 17.5 Å². The summed E-state index contributed by atoms with van der Waals surface area (Å²) in [5.41, 5.74) is 0. The molecule has 0 saturated carbocycles. The maximum Gasteiger partial charge on any atom is 0.150 e. The van der Waals surface area contributed by atoms with Crippen molar-refractivity contribution in [1.29, 1.82) is 0 Å². The molecule has 78 valence electrons. The van der Waals surface area contributed by atoms with E-state index in [1.807, 2.05) is 7.05 Å². The maximum absolute atomic E-state index is 5.98. The largest absolute Gasteiger partial charge is 0.358 e. The molecule has 0 aromatic carbocycles. The van der Waals surface area contributed by atoms with E-state index in [4.69, 9.17) is 11.6 Å². The zero-order valence-electron chi connectivity index (χ0n) is 8.87. The third kappa shape index (κ3) is 2.84. The van der Waals surface area contributed by atoms with Gasteiger partial charge >= 0.3 is 0 Å². The molecule has 1 heterocycles. The van der Waals surface area contributed by atoms with Gasteiger partial charge in [-0.15, -0.1) is 0 Å². The first-order valence-corrected chi connectivity index (χ1v) is 5.19. The third-order valence-electron chi connectivity index (χ3n) is 2.29. The monoisotopic (exact) mass is 213 g/mol. The fraction of sp³-hybridized carbons (Fsp3) is 0.600. The van der Waals surface area contributed by atoms with Gasteiger partial charge in [-0.3, -0.25) is 0 Å². The first-order valence-electron chi connectivity index (χ1n) is 4.81. The zero-order valence-corrected chi connectivity index (χ0v) is 9.62. The standard InChI is InChI=1S/C10H16ClN3/c1-4-8(2)6-14(3)10-9(11)5-12-7-13-10/h5,7-8H,4,6H2,1-3H3. The van der Waals surface area contributed by atoms with Gasteiger partial charge in [0, 0.05) is 13.6 Å². The lowest BCUT2D eigenvalue weighted by Crippen LogP contribution is -2.24. The molecule has 1 atom stereocenters. The van der Waals surface area contributed by atoms with Crippen LogP contribution in [0.5, 0.6) is 0 Å². The van der Waals surface area contributed by atoms with Crippen LogP contribution in [0, 0.1) is 5.92 Å². The third-order valence-corrected chi connectivity index (χ3v) is 2.56. The van der Waals surface area contributed by atoms with Crippen LogP contribution >= 0.6 is 11.6 Å². The van der Waals surface area contributed by atoms with Crippen molar-refractivity contribution in [3.8, 4) is 0 Å². The van der Waals surface area contributed by atoms with Crippen LogP contribution in [0.4, 0.5) is 5.82 Å². The minimum absolute atomic E-state index is 0.610. The summed E-state index contributed by atoms with van der Waals surface area (Å²) in [7, 11) is 2.00. The number of anilines is 1. The summed E-state index contributed by atoms with van der Waals surface area (Å²) in [6.07, 6.45) is 4.30. The Labute approximate surface area is 90.1 Å². The predicted molar refractivity (Wildman–Crippen MR) is 59.8 cm³/mol. The van der Waals surface area contributed by atoms with Gasteiger partial charge in [0.05, 0.1) is 6.20 Å². The summed E-state index contributed by atoms with van der Waals surface area (Å²) in [5, 5.41) is 0.610. The molecule has 0 bridgehead atoms. The SMILES string of the molecule is CCC(C)CN(C)c1ncncc1Cl. The Balaban J connectivity index is 2.69. The maximum atomic E-state index is 5.98. The Kier molecular flexibility index (Phi) is 4.14. The fourth-order valence-electron chi connectivity index (χ4n) is 1.27.